The first-order valence-corrected chi connectivity index (χ1v) is 5.72. The summed E-state index contributed by atoms with van der Waals surface area (Å²) in [5.41, 5.74) is 10.3. The lowest BCUT2D eigenvalue weighted by Gasteiger charge is -2.30. The number of nitrogens with two attached hydrogens (primary N) is 1. The zero-order valence-electron chi connectivity index (χ0n) is 9.77. The lowest BCUT2D eigenvalue weighted by atomic mass is 10.0. The molecule has 2 N–H and O–H groups in total. The third-order valence-electron chi connectivity index (χ3n) is 3.73. The molecule has 0 saturated heterocycles. The molecular weight excluding hydrogens is 198 g/mol. The van der Waals surface area contributed by atoms with E-state index < -0.39 is 0 Å². The predicted octanol–water partition coefficient (Wildman–Crippen LogP) is 1.62. The molecular formula is C13H17N3. The van der Waals surface area contributed by atoms with Gasteiger partial charge >= 0.3 is 0 Å². The van der Waals surface area contributed by atoms with Crippen LogP contribution < -0.4 is 5.73 Å². The van der Waals surface area contributed by atoms with E-state index in [2.05, 4.69) is 47.8 Å². The number of aromatic nitrogens is 1. The molecule has 1 aliphatic heterocycles. The first-order chi connectivity index (χ1) is 7.70. The van der Waals surface area contributed by atoms with Crippen LogP contribution >= 0.6 is 0 Å². The molecule has 16 heavy (non-hydrogen) atoms. The van der Waals surface area contributed by atoms with Crippen molar-refractivity contribution in [1.82, 2.24) is 9.47 Å². The summed E-state index contributed by atoms with van der Waals surface area (Å²) < 4.78 is 2.24. The second kappa shape index (κ2) is 3.34. The Morgan fingerprint density at radius 3 is 2.81 bits per heavy atom. The van der Waals surface area contributed by atoms with Crippen LogP contribution in [0, 0.1) is 0 Å². The van der Waals surface area contributed by atoms with Crippen molar-refractivity contribution in [3.05, 3.63) is 35.5 Å². The van der Waals surface area contributed by atoms with Crippen LogP contribution in [-0.4, -0.2) is 23.1 Å². The van der Waals surface area contributed by atoms with Crippen molar-refractivity contribution in [3.8, 4) is 0 Å². The highest BCUT2D eigenvalue weighted by Gasteiger charge is 2.26. The third-order valence-corrected chi connectivity index (χ3v) is 3.73. The first-order valence-electron chi connectivity index (χ1n) is 5.72. The van der Waals surface area contributed by atoms with Gasteiger partial charge in [-0.3, -0.25) is 4.90 Å². The van der Waals surface area contributed by atoms with Crippen LogP contribution in [0.4, 0.5) is 0 Å². The fourth-order valence-electron chi connectivity index (χ4n) is 2.77. The van der Waals surface area contributed by atoms with Gasteiger partial charge in [-0.1, -0.05) is 18.2 Å². The van der Waals surface area contributed by atoms with E-state index in [4.69, 9.17) is 5.73 Å². The maximum absolute atomic E-state index is 6.26. The van der Waals surface area contributed by atoms with Gasteiger partial charge in [-0.2, -0.15) is 0 Å². The van der Waals surface area contributed by atoms with E-state index in [0.29, 0.717) is 0 Å². The predicted molar refractivity (Wildman–Crippen MR) is 66.2 cm³/mol. The third kappa shape index (κ3) is 1.16. The topological polar surface area (TPSA) is 34.2 Å². The monoisotopic (exact) mass is 215 g/mol. The molecule has 1 aromatic heterocycles. The summed E-state index contributed by atoms with van der Waals surface area (Å²) in [5.74, 6) is 0. The molecule has 1 aliphatic rings. The highest BCUT2D eigenvalue weighted by atomic mass is 15.2. The molecule has 0 saturated carbocycles. The minimum atomic E-state index is 0.0288. The number of nitrogens with zero attached hydrogens (tertiary/aromatic N) is 2. The summed E-state index contributed by atoms with van der Waals surface area (Å²) in [6.45, 7) is 1.04. The summed E-state index contributed by atoms with van der Waals surface area (Å²) in [6.07, 6.45) is 1.13. The maximum Gasteiger partial charge on any atom is 0.0990 e. The van der Waals surface area contributed by atoms with E-state index in [9.17, 15) is 0 Å². The Morgan fingerprint density at radius 2 is 2.00 bits per heavy atom. The Morgan fingerprint density at radius 1 is 1.25 bits per heavy atom. The summed E-state index contributed by atoms with van der Waals surface area (Å²) in [5, 5.41) is 1.36. The van der Waals surface area contributed by atoms with Gasteiger partial charge in [0.1, 0.15) is 0 Å². The van der Waals surface area contributed by atoms with Crippen molar-refractivity contribution in [2.75, 3.05) is 13.6 Å². The smallest absolute Gasteiger partial charge is 0.0990 e. The van der Waals surface area contributed by atoms with E-state index >= 15 is 0 Å². The Bertz CT molecular complexity index is 541. The zero-order chi connectivity index (χ0) is 11.3. The van der Waals surface area contributed by atoms with Gasteiger partial charge in [-0.25, -0.2) is 0 Å². The van der Waals surface area contributed by atoms with E-state index in [0.717, 1.165) is 13.0 Å². The van der Waals surface area contributed by atoms with Crippen molar-refractivity contribution < 1.29 is 0 Å². The van der Waals surface area contributed by atoms with Gasteiger partial charge in [0.15, 0.2) is 0 Å². The number of benzene rings is 1. The number of hydrogen-bond donors (Lipinski definition) is 1. The fourth-order valence-corrected chi connectivity index (χ4v) is 2.77. The largest absolute Gasteiger partial charge is 0.345 e. The number of rotatable bonds is 0. The molecule has 2 aromatic rings. The van der Waals surface area contributed by atoms with Crippen LogP contribution in [-0.2, 0) is 13.5 Å². The molecule has 2 heterocycles. The van der Waals surface area contributed by atoms with Crippen molar-refractivity contribution >= 4 is 10.9 Å². The molecule has 0 bridgehead atoms. The Kier molecular flexibility index (Phi) is 2.06. The number of aryl methyl sites for hydroxylation is 1. The molecule has 1 atom stereocenters. The van der Waals surface area contributed by atoms with Crippen LogP contribution in [0.2, 0.25) is 0 Å². The van der Waals surface area contributed by atoms with Gasteiger partial charge in [0.05, 0.1) is 11.9 Å². The Hall–Kier alpha value is -1.32. The second-order valence-electron chi connectivity index (χ2n) is 4.62. The summed E-state index contributed by atoms with van der Waals surface area (Å²) in [4.78, 5) is 2.21. The summed E-state index contributed by atoms with van der Waals surface area (Å²) >= 11 is 0. The maximum atomic E-state index is 6.26. The summed E-state index contributed by atoms with van der Waals surface area (Å²) in [6, 6.07) is 8.56. The first kappa shape index (κ1) is 9.87. The minimum Gasteiger partial charge on any atom is -0.345 e. The standard InChI is InChI=1S/C13H17N3/c1-15-8-7-10-9-5-3-4-6-11(9)16(2)12(10)13(15)14/h3-6,13H,7-8,14H2,1-2H3. The molecule has 0 spiro atoms. The zero-order valence-corrected chi connectivity index (χ0v) is 9.77. The van der Waals surface area contributed by atoms with Crippen molar-refractivity contribution in [2.45, 2.75) is 12.6 Å². The molecule has 3 rings (SSSR count). The fraction of sp³-hybridized carbons (Fsp3) is 0.385. The molecule has 3 nitrogen and oxygen atoms in total. The quantitative estimate of drug-likeness (QED) is 0.724. The Balaban J connectivity index is 2.35. The average Bonchev–Trinajstić information content (AvgIpc) is 2.59. The summed E-state index contributed by atoms with van der Waals surface area (Å²) in [7, 11) is 4.20. The van der Waals surface area contributed by atoms with Gasteiger partial charge in [0, 0.05) is 24.5 Å². The van der Waals surface area contributed by atoms with Gasteiger partial charge in [0.25, 0.3) is 0 Å². The van der Waals surface area contributed by atoms with E-state index in [1.807, 2.05) is 0 Å². The van der Waals surface area contributed by atoms with E-state index in [1.165, 1.54) is 22.2 Å². The van der Waals surface area contributed by atoms with E-state index in [-0.39, 0.29) is 6.17 Å². The molecule has 0 radical (unpaired) electrons. The van der Waals surface area contributed by atoms with Gasteiger partial charge in [0.2, 0.25) is 0 Å². The molecule has 0 aliphatic carbocycles. The molecule has 3 heteroatoms. The van der Waals surface area contributed by atoms with Crippen LogP contribution in [0.25, 0.3) is 10.9 Å². The highest BCUT2D eigenvalue weighted by molar-refractivity contribution is 5.86. The number of para-hydroxylation sites is 1. The van der Waals surface area contributed by atoms with Crippen LogP contribution in [0.3, 0.4) is 0 Å². The SMILES string of the molecule is CN1CCc2c(n(C)c3ccccc23)C1N. The van der Waals surface area contributed by atoms with E-state index in [1.54, 1.807) is 0 Å². The number of likely N-dealkylation sites (N-methyl/N-ethyl adjacent to an activating group) is 1. The minimum absolute atomic E-state index is 0.0288. The van der Waals surface area contributed by atoms with Crippen LogP contribution in [0.1, 0.15) is 17.4 Å². The molecule has 1 unspecified atom stereocenters. The normalized spacial score (nSPS) is 21.3. The van der Waals surface area contributed by atoms with Crippen molar-refractivity contribution in [3.63, 3.8) is 0 Å². The van der Waals surface area contributed by atoms with Gasteiger partial charge < -0.3 is 10.3 Å². The second-order valence-corrected chi connectivity index (χ2v) is 4.62. The molecule has 0 amide bonds. The Labute approximate surface area is 95.5 Å². The molecule has 1 aromatic carbocycles. The lowest BCUT2D eigenvalue weighted by Crippen LogP contribution is -2.38. The van der Waals surface area contributed by atoms with Crippen molar-refractivity contribution in [2.24, 2.45) is 12.8 Å². The molecule has 0 fully saturated rings. The molecule has 84 valence electrons. The van der Waals surface area contributed by atoms with Gasteiger partial charge in [-0.15, -0.1) is 0 Å². The average molecular weight is 215 g/mol. The van der Waals surface area contributed by atoms with Gasteiger partial charge in [-0.05, 0) is 25.1 Å². The van der Waals surface area contributed by atoms with Crippen molar-refractivity contribution in [1.29, 1.82) is 0 Å². The van der Waals surface area contributed by atoms with Crippen LogP contribution in [0.5, 0.6) is 0 Å². The van der Waals surface area contributed by atoms with Crippen LogP contribution in [0.15, 0.2) is 24.3 Å². The highest BCUT2D eigenvalue weighted by Crippen LogP contribution is 2.33. The number of fused-ring (bicyclic) bond motifs is 3. The number of hydrogen-bond acceptors (Lipinski definition) is 2. The lowest BCUT2D eigenvalue weighted by molar-refractivity contribution is 0.228.